The normalized spacial score (nSPS) is 20.8. The number of aliphatic hydroxyl groups excluding tert-OH is 1. The number of hydrogen-bond donors (Lipinski definition) is 2. The van der Waals surface area contributed by atoms with Crippen LogP contribution in [0.3, 0.4) is 0 Å². The van der Waals surface area contributed by atoms with Crippen molar-refractivity contribution in [2.24, 2.45) is 5.92 Å². The van der Waals surface area contributed by atoms with Gasteiger partial charge < -0.3 is 15.3 Å². The van der Waals surface area contributed by atoms with Crippen molar-refractivity contribution in [1.29, 1.82) is 0 Å². The summed E-state index contributed by atoms with van der Waals surface area (Å²) < 4.78 is 0. The van der Waals surface area contributed by atoms with E-state index >= 15 is 0 Å². The van der Waals surface area contributed by atoms with E-state index in [1.807, 2.05) is 0 Å². The second-order valence-corrected chi connectivity index (χ2v) is 5.03. The van der Waals surface area contributed by atoms with Gasteiger partial charge in [0.2, 0.25) is 0 Å². The molecule has 0 aromatic carbocycles. The summed E-state index contributed by atoms with van der Waals surface area (Å²) in [6.07, 6.45) is 3.88. The molecule has 0 heterocycles. The van der Waals surface area contributed by atoms with E-state index in [1.165, 1.54) is 19.3 Å². The summed E-state index contributed by atoms with van der Waals surface area (Å²) in [5, 5.41) is 13.4. The Bertz CT molecular complexity index is 179. The lowest BCUT2D eigenvalue weighted by molar-refractivity contribution is 0.108. The van der Waals surface area contributed by atoms with Crippen molar-refractivity contribution in [3.05, 3.63) is 0 Å². The molecule has 3 nitrogen and oxygen atoms in total. The Morgan fingerprint density at radius 3 is 2.38 bits per heavy atom. The Morgan fingerprint density at radius 1 is 1.31 bits per heavy atom. The first-order valence-corrected chi connectivity index (χ1v) is 6.81. The van der Waals surface area contributed by atoms with E-state index in [9.17, 15) is 5.11 Å². The monoisotopic (exact) mass is 228 g/mol. The fourth-order valence-corrected chi connectivity index (χ4v) is 2.27. The first kappa shape index (κ1) is 13.9. The van der Waals surface area contributed by atoms with Crippen LogP contribution in [0.2, 0.25) is 0 Å². The lowest BCUT2D eigenvalue weighted by Gasteiger charge is -2.33. The molecule has 1 aliphatic rings. The zero-order valence-electron chi connectivity index (χ0n) is 11.1. The minimum absolute atomic E-state index is 0.234. The van der Waals surface area contributed by atoms with Gasteiger partial charge in [-0.05, 0) is 38.8 Å². The molecule has 16 heavy (non-hydrogen) atoms. The summed E-state index contributed by atoms with van der Waals surface area (Å²) in [4.78, 5) is 2.26. The molecule has 96 valence electrons. The van der Waals surface area contributed by atoms with Gasteiger partial charge in [-0.25, -0.2) is 0 Å². The number of likely N-dealkylation sites (N-methyl/N-ethyl adjacent to an activating group) is 1. The van der Waals surface area contributed by atoms with Crippen LogP contribution in [0.1, 0.15) is 40.0 Å². The first-order valence-electron chi connectivity index (χ1n) is 6.81. The van der Waals surface area contributed by atoms with E-state index in [4.69, 9.17) is 0 Å². The van der Waals surface area contributed by atoms with Crippen molar-refractivity contribution in [2.45, 2.75) is 52.2 Å². The average Bonchev–Trinajstić information content (AvgIpc) is 2.20. The third-order valence-corrected chi connectivity index (χ3v) is 3.90. The highest BCUT2D eigenvalue weighted by atomic mass is 16.3. The zero-order chi connectivity index (χ0) is 12.0. The number of rotatable bonds is 8. The van der Waals surface area contributed by atoms with E-state index in [0.717, 1.165) is 32.1 Å². The molecule has 2 unspecified atom stereocenters. The fraction of sp³-hybridized carbons (Fsp3) is 1.00. The molecule has 0 spiro atoms. The van der Waals surface area contributed by atoms with Gasteiger partial charge in [-0.2, -0.15) is 0 Å². The van der Waals surface area contributed by atoms with Gasteiger partial charge in [0.15, 0.2) is 0 Å². The second-order valence-electron chi connectivity index (χ2n) is 5.03. The molecular weight excluding hydrogens is 200 g/mol. The number of aliphatic hydroxyl groups is 1. The maximum Gasteiger partial charge on any atom is 0.0791 e. The van der Waals surface area contributed by atoms with Crippen molar-refractivity contribution in [1.82, 2.24) is 10.2 Å². The smallest absolute Gasteiger partial charge is 0.0791 e. The average molecular weight is 228 g/mol. The predicted octanol–water partition coefficient (Wildman–Crippen LogP) is 1.47. The van der Waals surface area contributed by atoms with Crippen molar-refractivity contribution in [3.63, 3.8) is 0 Å². The molecule has 0 aliphatic heterocycles. The van der Waals surface area contributed by atoms with Gasteiger partial charge in [-0.3, -0.25) is 0 Å². The number of nitrogens with one attached hydrogen (secondary N) is 1. The van der Waals surface area contributed by atoms with Crippen LogP contribution in [-0.4, -0.2) is 48.3 Å². The van der Waals surface area contributed by atoms with Crippen LogP contribution in [0.4, 0.5) is 0 Å². The van der Waals surface area contributed by atoms with Crippen LogP contribution in [0.25, 0.3) is 0 Å². The predicted molar refractivity (Wildman–Crippen MR) is 68.6 cm³/mol. The highest BCUT2D eigenvalue weighted by molar-refractivity contribution is 4.80. The summed E-state index contributed by atoms with van der Waals surface area (Å²) in [6, 6.07) is 0.570. The maximum absolute atomic E-state index is 9.90. The summed E-state index contributed by atoms with van der Waals surface area (Å²) in [5.74, 6) is 0.848. The summed E-state index contributed by atoms with van der Waals surface area (Å²) in [7, 11) is 0. The van der Waals surface area contributed by atoms with Crippen LogP contribution < -0.4 is 5.32 Å². The lowest BCUT2D eigenvalue weighted by Crippen LogP contribution is -2.44. The van der Waals surface area contributed by atoms with E-state index in [0.29, 0.717) is 6.04 Å². The van der Waals surface area contributed by atoms with Crippen LogP contribution in [0.5, 0.6) is 0 Å². The van der Waals surface area contributed by atoms with Gasteiger partial charge >= 0.3 is 0 Å². The molecule has 0 bridgehead atoms. The second kappa shape index (κ2) is 7.25. The summed E-state index contributed by atoms with van der Waals surface area (Å²) in [5.41, 5.74) is 0. The standard InChI is InChI=1S/C13H28N2O/c1-4-15(5-2)10-13(16)9-14-11(3)12-7-6-8-12/h11-14,16H,4-10H2,1-3H3. The molecule has 0 radical (unpaired) electrons. The van der Waals surface area contributed by atoms with Crippen LogP contribution >= 0.6 is 0 Å². The summed E-state index contributed by atoms with van der Waals surface area (Å²) >= 11 is 0. The van der Waals surface area contributed by atoms with Gasteiger partial charge in [0.25, 0.3) is 0 Å². The molecule has 2 atom stereocenters. The van der Waals surface area contributed by atoms with Crippen LogP contribution in [0.15, 0.2) is 0 Å². The van der Waals surface area contributed by atoms with Crippen molar-refractivity contribution < 1.29 is 5.11 Å². The molecule has 0 amide bonds. The van der Waals surface area contributed by atoms with Gasteiger partial charge in [0.05, 0.1) is 6.10 Å². The van der Waals surface area contributed by atoms with Gasteiger partial charge in [-0.15, -0.1) is 0 Å². The van der Waals surface area contributed by atoms with Gasteiger partial charge in [0, 0.05) is 19.1 Å². The van der Waals surface area contributed by atoms with Crippen molar-refractivity contribution >= 4 is 0 Å². The Labute approximate surface area is 100 Å². The topological polar surface area (TPSA) is 35.5 Å². The largest absolute Gasteiger partial charge is 0.390 e. The molecule has 0 aromatic heterocycles. The molecule has 3 heteroatoms. The molecule has 1 saturated carbocycles. The van der Waals surface area contributed by atoms with Crippen LogP contribution in [0, 0.1) is 5.92 Å². The van der Waals surface area contributed by atoms with Crippen molar-refractivity contribution in [2.75, 3.05) is 26.2 Å². The molecule has 2 N–H and O–H groups in total. The van der Waals surface area contributed by atoms with Crippen molar-refractivity contribution in [3.8, 4) is 0 Å². The minimum Gasteiger partial charge on any atom is -0.390 e. The van der Waals surface area contributed by atoms with E-state index in [1.54, 1.807) is 0 Å². The van der Waals surface area contributed by atoms with E-state index in [2.05, 4.69) is 31.0 Å². The highest BCUT2D eigenvalue weighted by Crippen LogP contribution is 2.29. The molecule has 1 fully saturated rings. The molecule has 1 aliphatic carbocycles. The fourth-order valence-electron chi connectivity index (χ4n) is 2.27. The molecular formula is C13H28N2O. The minimum atomic E-state index is -0.234. The molecule has 1 rings (SSSR count). The Kier molecular flexibility index (Phi) is 6.32. The zero-order valence-corrected chi connectivity index (χ0v) is 11.1. The quantitative estimate of drug-likeness (QED) is 0.660. The third-order valence-electron chi connectivity index (χ3n) is 3.90. The number of hydrogen-bond acceptors (Lipinski definition) is 3. The van der Waals surface area contributed by atoms with Crippen LogP contribution in [-0.2, 0) is 0 Å². The lowest BCUT2D eigenvalue weighted by atomic mass is 9.80. The molecule has 0 saturated heterocycles. The Hall–Kier alpha value is -0.120. The van der Waals surface area contributed by atoms with E-state index in [-0.39, 0.29) is 6.10 Å². The highest BCUT2D eigenvalue weighted by Gasteiger charge is 2.23. The summed E-state index contributed by atoms with van der Waals surface area (Å²) in [6.45, 7) is 10.1. The Morgan fingerprint density at radius 2 is 1.94 bits per heavy atom. The Balaban J connectivity index is 2.10. The first-order chi connectivity index (χ1) is 7.67. The van der Waals surface area contributed by atoms with E-state index < -0.39 is 0 Å². The third kappa shape index (κ3) is 4.40. The van der Waals surface area contributed by atoms with Gasteiger partial charge in [-0.1, -0.05) is 20.3 Å². The maximum atomic E-state index is 9.90. The molecule has 0 aromatic rings. The number of nitrogens with zero attached hydrogens (tertiary/aromatic N) is 1. The van der Waals surface area contributed by atoms with Gasteiger partial charge in [0.1, 0.15) is 0 Å². The SMILES string of the molecule is CCN(CC)CC(O)CNC(C)C1CCC1.